The number of benzene rings is 3. The third kappa shape index (κ3) is 5.19. The van der Waals surface area contributed by atoms with Gasteiger partial charge in [0.2, 0.25) is 0 Å². The van der Waals surface area contributed by atoms with Crippen molar-refractivity contribution in [1.29, 1.82) is 0 Å². The number of aryl methyl sites for hydroxylation is 3. The van der Waals surface area contributed by atoms with Crippen LogP contribution in [0, 0.1) is 20.8 Å². The Balaban J connectivity index is 1.57. The van der Waals surface area contributed by atoms with Crippen molar-refractivity contribution in [3.63, 3.8) is 0 Å². The Morgan fingerprint density at radius 2 is 1.72 bits per heavy atom. The highest BCUT2D eigenvalue weighted by Gasteiger charge is 2.36. The van der Waals surface area contributed by atoms with Crippen LogP contribution in [0.25, 0.3) is 11.3 Å². The molecule has 4 aromatic rings. The summed E-state index contributed by atoms with van der Waals surface area (Å²) in [5.41, 5.74) is 5.71. The third-order valence-corrected chi connectivity index (χ3v) is 7.40. The molecule has 202 valence electrons. The van der Waals surface area contributed by atoms with E-state index in [2.05, 4.69) is 11.2 Å². The van der Waals surface area contributed by atoms with E-state index in [1.165, 1.54) is 0 Å². The summed E-state index contributed by atoms with van der Waals surface area (Å²) in [5, 5.41) is 4.72. The quantitative estimate of drug-likeness (QED) is 0.255. The highest BCUT2D eigenvalue weighted by Crippen LogP contribution is 2.40. The van der Waals surface area contributed by atoms with E-state index in [9.17, 15) is 4.79 Å². The SMILES string of the molecule is COc1cc2c(cc1OC)C(COc1cc(C)cc(C)c1)N(C(=O)c1c(-c3ccccc3Cl)noc1C)CC2. The van der Waals surface area contributed by atoms with Gasteiger partial charge in [-0.25, -0.2) is 0 Å². The number of hydrogen-bond acceptors (Lipinski definition) is 6. The summed E-state index contributed by atoms with van der Waals surface area (Å²) < 4.78 is 23.0. The van der Waals surface area contributed by atoms with E-state index in [1.54, 1.807) is 27.2 Å². The molecule has 39 heavy (non-hydrogen) atoms. The summed E-state index contributed by atoms with van der Waals surface area (Å²) in [6.45, 7) is 6.55. The van der Waals surface area contributed by atoms with Crippen molar-refractivity contribution in [3.8, 4) is 28.5 Å². The van der Waals surface area contributed by atoms with Gasteiger partial charge < -0.3 is 23.6 Å². The summed E-state index contributed by atoms with van der Waals surface area (Å²) >= 11 is 6.48. The number of nitrogens with zero attached hydrogens (tertiary/aromatic N) is 2. The molecular weight excluding hydrogens is 516 g/mol. The predicted molar refractivity (Wildman–Crippen MR) is 150 cm³/mol. The molecule has 8 heteroatoms. The first-order valence-corrected chi connectivity index (χ1v) is 13.2. The zero-order chi connectivity index (χ0) is 27.7. The van der Waals surface area contributed by atoms with E-state index in [0.29, 0.717) is 52.1 Å². The summed E-state index contributed by atoms with van der Waals surface area (Å²) in [4.78, 5) is 16.1. The second-order valence-electron chi connectivity index (χ2n) is 9.75. The van der Waals surface area contributed by atoms with Gasteiger partial charge in [-0.15, -0.1) is 0 Å². The summed E-state index contributed by atoms with van der Waals surface area (Å²) in [6, 6.07) is 16.9. The fourth-order valence-electron chi connectivity index (χ4n) is 5.25. The predicted octanol–water partition coefficient (Wildman–Crippen LogP) is 6.76. The molecule has 1 aliphatic rings. The number of rotatable bonds is 7. The summed E-state index contributed by atoms with van der Waals surface area (Å²) in [7, 11) is 3.22. The van der Waals surface area contributed by atoms with E-state index in [4.69, 9.17) is 30.3 Å². The van der Waals surface area contributed by atoms with Gasteiger partial charge in [0.15, 0.2) is 11.5 Å². The molecule has 0 N–H and O–H groups in total. The molecule has 0 fully saturated rings. The van der Waals surface area contributed by atoms with E-state index in [-0.39, 0.29) is 12.5 Å². The molecule has 7 nitrogen and oxygen atoms in total. The molecule has 1 aromatic heterocycles. The third-order valence-electron chi connectivity index (χ3n) is 7.07. The number of halogens is 1. The van der Waals surface area contributed by atoms with Crippen molar-refractivity contribution < 1.29 is 23.5 Å². The maximum absolute atomic E-state index is 14.3. The molecule has 3 aromatic carbocycles. The lowest BCUT2D eigenvalue weighted by molar-refractivity contribution is 0.0588. The minimum absolute atomic E-state index is 0.196. The van der Waals surface area contributed by atoms with Crippen molar-refractivity contribution in [2.24, 2.45) is 0 Å². The van der Waals surface area contributed by atoms with Crippen LogP contribution in [-0.2, 0) is 6.42 Å². The Morgan fingerprint density at radius 3 is 2.41 bits per heavy atom. The Kier molecular flexibility index (Phi) is 7.53. The molecule has 0 saturated carbocycles. The molecule has 0 spiro atoms. The van der Waals surface area contributed by atoms with Gasteiger partial charge >= 0.3 is 0 Å². The Hall–Kier alpha value is -3.97. The number of carbonyl (C=O) groups is 1. The van der Waals surface area contributed by atoms with Crippen LogP contribution in [0.4, 0.5) is 0 Å². The summed E-state index contributed by atoms with van der Waals surface area (Å²) in [6.07, 6.45) is 0.646. The first-order valence-electron chi connectivity index (χ1n) is 12.8. The lowest BCUT2D eigenvalue weighted by Crippen LogP contribution is -2.43. The van der Waals surface area contributed by atoms with Crippen LogP contribution in [0.15, 0.2) is 59.1 Å². The topological polar surface area (TPSA) is 74.0 Å². The maximum atomic E-state index is 14.3. The van der Waals surface area contributed by atoms with Crippen LogP contribution in [0.2, 0.25) is 5.02 Å². The first kappa shape index (κ1) is 26.6. The summed E-state index contributed by atoms with van der Waals surface area (Å²) in [5.74, 6) is 2.24. The van der Waals surface area contributed by atoms with E-state index in [1.807, 2.05) is 61.2 Å². The van der Waals surface area contributed by atoms with Gasteiger partial charge in [0.05, 0.1) is 25.3 Å². The van der Waals surface area contributed by atoms with Gasteiger partial charge in [-0.05, 0) is 79.8 Å². The molecule has 2 heterocycles. The molecule has 1 amide bonds. The standard InChI is InChI=1S/C31H31ClN2O5/c1-18-12-19(2)14-22(13-18)38-17-26-24-16-28(37-5)27(36-4)15-21(24)10-11-34(26)31(35)29-20(3)39-33-30(29)23-8-6-7-9-25(23)32/h6-9,12-16,26H,10-11,17H2,1-5H3. The van der Waals surface area contributed by atoms with Crippen molar-refractivity contribution in [1.82, 2.24) is 10.1 Å². The number of aromatic nitrogens is 1. The van der Waals surface area contributed by atoms with Gasteiger partial charge in [0.1, 0.15) is 29.4 Å². The number of methoxy groups -OCH3 is 2. The Labute approximate surface area is 233 Å². The molecule has 5 rings (SSSR count). The lowest BCUT2D eigenvalue weighted by atomic mass is 9.91. The molecule has 0 bridgehead atoms. The molecule has 0 aliphatic carbocycles. The van der Waals surface area contributed by atoms with Gasteiger partial charge in [-0.1, -0.05) is 41.0 Å². The molecule has 1 aliphatic heterocycles. The van der Waals surface area contributed by atoms with Crippen molar-refractivity contribution in [2.45, 2.75) is 33.2 Å². The number of fused-ring (bicyclic) bond motifs is 1. The lowest BCUT2D eigenvalue weighted by Gasteiger charge is -2.37. The maximum Gasteiger partial charge on any atom is 0.260 e. The van der Waals surface area contributed by atoms with Crippen LogP contribution < -0.4 is 14.2 Å². The average Bonchev–Trinajstić information content (AvgIpc) is 3.30. The van der Waals surface area contributed by atoms with Crippen molar-refractivity contribution in [2.75, 3.05) is 27.4 Å². The first-order chi connectivity index (χ1) is 18.8. The highest BCUT2D eigenvalue weighted by atomic mass is 35.5. The second kappa shape index (κ2) is 11.0. The van der Waals surface area contributed by atoms with Gasteiger partial charge in [-0.3, -0.25) is 4.79 Å². The number of hydrogen-bond donors (Lipinski definition) is 0. The average molecular weight is 547 g/mol. The largest absolute Gasteiger partial charge is 0.493 e. The van der Waals surface area contributed by atoms with Gasteiger partial charge in [0.25, 0.3) is 5.91 Å². The fraction of sp³-hybridized carbons (Fsp3) is 0.290. The monoisotopic (exact) mass is 546 g/mol. The van der Waals surface area contributed by atoms with Gasteiger partial charge in [-0.2, -0.15) is 0 Å². The number of amides is 1. The molecule has 0 radical (unpaired) electrons. The van der Waals surface area contributed by atoms with Crippen LogP contribution in [0.5, 0.6) is 17.2 Å². The molecular formula is C31H31ClN2O5. The number of carbonyl (C=O) groups excluding carboxylic acids is 1. The Morgan fingerprint density at radius 1 is 1.03 bits per heavy atom. The highest BCUT2D eigenvalue weighted by molar-refractivity contribution is 6.33. The molecule has 1 unspecified atom stereocenters. The van der Waals surface area contributed by atoms with E-state index in [0.717, 1.165) is 28.0 Å². The minimum Gasteiger partial charge on any atom is -0.493 e. The van der Waals surface area contributed by atoms with Crippen molar-refractivity contribution in [3.05, 3.63) is 93.2 Å². The van der Waals surface area contributed by atoms with Gasteiger partial charge in [0, 0.05) is 12.1 Å². The smallest absolute Gasteiger partial charge is 0.260 e. The molecule has 0 saturated heterocycles. The minimum atomic E-state index is -0.393. The molecule has 1 atom stereocenters. The van der Waals surface area contributed by atoms with E-state index < -0.39 is 6.04 Å². The number of ether oxygens (including phenoxy) is 3. The van der Waals surface area contributed by atoms with Crippen LogP contribution >= 0.6 is 11.6 Å². The second-order valence-corrected chi connectivity index (χ2v) is 10.2. The fourth-order valence-corrected chi connectivity index (χ4v) is 5.47. The van der Waals surface area contributed by atoms with Crippen molar-refractivity contribution >= 4 is 17.5 Å². The van der Waals surface area contributed by atoms with E-state index >= 15 is 0 Å². The zero-order valence-electron chi connectivity index (χ0n) is 22.7. The Bertz CT molecular complexity index is 1510. The van der Waals surface area contributed by atoms with Crippen LogP contribution in [0.3, 0.4) is 0 Å². The normalized spacial score (nSPS) is 14.6. The van der Waals surface area contributed by atoms with Crippen LogP contribution in [0.1, 0.15) is 44.4 Å². The zero-order valence-corrected chi connectivity index (χ0v) is 23.5. The van der Waals surface area contributed by atoms with Crippen LogP contribution in [-0.4, -0.2) is 43.3 Å².